The Morgan fingerprint density at radius 3 is 2.64 bits per heavy atom. The molecule has 1 unspecified atom stereocenters. The first-order valence-electron chi connectivity index (χ1n) is 9.55. The van der Waals surface area contributed by atoms with Gasteiger partial charge >= 0.3 is 0 Å². The quantitative estimate of drug-likeness (QED) is 0.806. The van der Waals surface area contributed by atoms with E-state index in [-0.39, 0.29) is 0 Å². The van der Waals surface area contributed by atoms with Crippen molar-refractivity contribution in [1.29, 1.82) is 0 Å². The van der Waals surface area contributed by atoms with Gasteiger partial charge < -0.3 is 4.57 Å². The minimum absolute atomic E-state index is 0.380. The third kappa shape index (κ3) is 3.34. The Morgan fingerprint density at radius 2 is 1.92 bits per heavy atom. The number of hydrogen-bond acceptors (Lipinski definition) is 3. The number of halogens is 1. The van der Waals surface area contributed by atoms with Gasteiger partial charge in [0.15, 0.2) is 0 Å². The molecule has 2 aliphatic rings. The molecule has 2 heterocycles. The van der Waals surface area contributed by atoms with Gasteiger partial charge in [0, 0.05) is 37.1 Å². The van der Waals surface area contributed by atoms with Crippen LogP contribution in [0.1, 0.15) is 56.3 Å². The van der Waals surface area contributed by atoms with Crippen LogP contribution in [-0.4, -0.2) is 32.8 Å². The smallest absolute Gasteiger partial charge is 0.137 e. The molecule has 4 rings (SSSR count). The van der Waals surface area contributed by atoms with Crippen LogP contribution < -0.4 is 0 Å². The normalized spacial score (nSPS) is 23.4. The maximum Gasteiger partial charge on any atom is 0.137 e. The van der Waals surface area contributed by atoms with Gasteiger partial charge in [-0.25, -0.2) is 0 Å². The Balaban J connectivity index is 1.59. The summed E-state index contributed by atoms with van der Waals surface area (Å²) >= 11 is 6.04. The summed E-state index contributed by atoms with van der Waals surface area (Å²) in [5.74, 6) is 1.70. The predicted octanol–water partition coefficient (Wildman–Crippen LogP) is 4.50. The van der Waals surface area contributed by atoms with Crippen molar-refractivity contribution < 1.29 is 0 Å². The second kappa shape index (κ2) is 7.08. The van der Waals surface area contributed by atoms with Gasteiger partial charge in [-0.1, -0.05) is 43.0 Å². The van der Waals surface area contributed by atoms with Gasteiger partial charge in [0.2, 0.25) is 0 Å². The fourth-order valence-electron chi connectivity index (χ4n) is 4.94. The molecule has 5 heteroatoms. The van der Waals surface area contributed by atoms with Crippen molar-refractivity contribution in [3.8, 4) is 0 Å². The van der Waals surface area contributed by atoms with Gasteiger partial charge in [0.1, 0.15) is 12.2 Å². The highest BCUT2D eigenvalue weighted by atomic mass is 35.5. The Morgan fingerprint density at radius 1 is 1.16 bits per heavy atom. The largest absolute Gasteiger partial charge is 0.318 e. The third-order valence-electron chi connectivity index (χ3n) is 6.19. The van der Waals surface area contributed by atoms with Gasteiger partial charge in [0.05, 0.1) is 0 Å². The highest BCUT2D eigenvalue weighted by Crippen LogP contribution is 2.51. The second-order valence-corrected chi connectivity index (χ2v) is 8.18. The summed E-state index contributed by atoms with van der Waals surface area (Å²) in [6, 6.07) is 8.29. The fourth-order valence-corrected chi connectivity index (χ4v) is 5.06. The summed E-state index contributed by atoms with van der Waals surface area (Å²) in [6.07, 6.45) is 8.63. The lowest BCUT2D eigenvalue weighted by molar-refractivity contribution is 0.164. The molecule has 1 saturated heterocycles. The molecule has 1 aromatic heterocycles. The molecule has 1 aliphatic heterocycles. The van der Waals surface area contributed by atoms with Crippen LogP contribution in [-0.2, 0) is 13.1 Å². The van der Waals surface area contributed by atoms with E-state index in [4.69, 9.17) is 11.6 Å². The molecule has 1 saturated carbocycles. The van der Waals surface area contributed by atoms with E-state index in [2.05, 4.69) is 38.7 Å². The second-order valence-electron chi connectivity index (χ2n) is 7.75. The van der Waals surface area contributed by atoms with Crippen molar-refractivity contribution in [3.63, 3.8) is 0 Å². The minimum Gasteiger partial charge on any atom is -0.318 e. The van der Waals surface area contributed by atoms with Crippen molar-refractivity contribution in [3.05, 3.63) is 47.0 Å². The molecule has 1 aromatic carbocycles. The Bertz CT molecular complexity index is 703. The van der Waals surface area contributed by atoms with Crippen LogP contribution in [0.4, 0.5) is 0 Å². The van der Waals surface area contributed by atoms with Crippen LogP contribution in [0, 0.1) is 5.41 Å². The van der Waals surface area contributed by atoms with Gasteiger partial charge in [-0.05, 0) is 42.9 Å². The Kier molecular flexibility index (Phi) is 4.83. The molecular formula is C20H27ClN4. The highest BCUT2D eigenvalue weighted by Gasteiger charge is 2.49. The zero-order valence-corrected chi connectivity index (χ0v) is 15.8. The van der Waals surface area contributed by atoms with E-state index in [1.807, 2.05) is 18.5 Å². The molecule has 25 heavy (non-hydrogen) atoms. The molecule has 1 spiro atoms. The zero-order valence-electron chi connectivity index (χ0n) is 15.0. The van der Waals surface area contributed by atoms with E-state index in [0.29, 0.717) is 11.3 Å². The molecule has 134 valence electrons. The number of nitrogens with zero attached hydrogens (tertiary/aromatic N) is 4. The van der Waals surface area contributed by atoms with Crippen molar-refractivity contribution in [2.45, 2.75) is 58.0 Å². The Labute approximate surface area is 155 Å². The van der Waals surface area contributed by atoms with Crippen molar-refractivity contribution >= 4 is 11.6 Å². The van der Waals surface area contributed by atoms with E-state index in [0.717, 1.165) is 24.7 Å². The van der Waals surface area contributed by atoms with Crippen molar-refractivity contribution in [2.24, 2.45) is 5.41 Å². The summed E-state index contributed by atoms with van der Waals surface area (Å²) in [5.41, 5.74) is 1.72. The number of benzene rings is 1. The lowest BCUT2D eigenvalue weighted by Gasteiger charge is -2.38. The molecule has 2 fully saturated rings. The molecule has 2 aromatic rings. The average Bonchev–Trinajstić information content (AvgIpc) is 3.22. The lowest BCUT2D eigenvalue weighted by atomic mass is 9.67. The molecule has 4 nitrogen and oxygen atoms in total. The van der Waals surface area contributed by atoms with E-state index in [1.54, 1.807) is 0 Å². The SMILES string of the molecule is CCn1cnnc1C1CN(Cc2ccc(Cl)cc2)CC12CCCCC2. The number of rotatable bonds is 4. The van der Waals surface area contributed by atoms with E-state index in [1.165, 1.54) is 50.0 Å². The summed E-state index contributed by atoms with van der Waals surface area (Å²) in [5, 5.41) is 9.56. The van der Waals surface area contributed by atoms with Crippen LogP contribution in [0.3, 0.4) is 0 Å². The maximum absolute atomic E-state index is 6.04. The molecule has 1 aliphatic carbocycles. The molecule has 1 atom stereocenters. The maximum atomic E-state index is 6.04. The van der Waals surface area contributed by atoms with Gasteiger partial charge in [-0.3, -0.25) is 4.90 Å². The Hall–Kier alpha value is -1.39. The number of likely N-dealkylation sites (tertiary alicyclic amines) is 1. The van der Waals surface area contributed by atoms with Crippen LogP contribution >= 0.6 is 11.6 Å². The number of aryl methyl sites for hydroxylation is 1. The molecule has 0 N–H and O–H groups in total. The van der Waals surface area contributed by atoms with Gasteiger partial charge in [0.25, 0.3) is 0 Å². The van der Waals surface area contributed by atoms with Crippen LogP contribution in [0.25, 0.3) is 0 Å². The zero-order chi connectivity index (χ0) is 17.3. The molecule has 0 amide bonds. The summed E-state index contributed by atoms with van der Waals surface area (Å²) in [6.45, 7) is 6.39. The van der Waals surface area contributed by atoms with E-state index in [9.17, 15) is 0 Å². The standard InChI is InChI=1S/C20H27ClN4/c1-2-25-15-22-23-19(25)18-13-24(12-16-6-8-17(21)9-7-16)14-20(18)10-4-3-5-11-20/h6-9,15,18H,2-5,10-14H2,1H3. The topological polar surface area (TPSA) is 34.0 Å². The van der Waals surface area contributed by atoms with Crippen molar-refractivity contribution in [2.75, 3.05) is 13.1 Å². The van der Waals surface area contributed by atoms with Gasteiger partial charge in [-0.2, -0.15) is 0 Å². The average molecular weight is 359 g/mol. The van der Waals surface area contributed by atoms with E-state index < -0.39 is 0 Å². The minimum atomic E-state index is 0.380. The van der Waals surface area contributed by atoms with Crippen LogP contribution in [0.2, 0.25) is 5.02 Å². The first kappa shape index (κ1) is 17.0. The van der Waals surface area contributed by atoms with Crippen LogP contribution in [0.5, 0.6) is 0 Å². The monoisotopic (exact) mass is 358 g/mol. The highest BCUT2D eigenvalue weighted by molar-refractivity contribution is 6.30. The molecule has 0 radical (unpaired) electrons. The van der Waals surface area contributed by atoms with Gasteiger partial charge in [-0.15, -0.1) is 10.2 Å². The summed E-state index contributed by atoms with van der Waals surface area (Å²) in [7, 11) is 0. The number of aromatic nitrogens is 3. The predicted molar refractivity (Wildman–Crippen MR) is 101 cm³/mol. The molecule has 0 bridgehead atoms. The summed E-state index contributed by atoms with van der Waals surface area (Å²) in [4.78, 5) is 2.62. The van der Waals surface area contributed by atoms with Crippen LogP contribution in [0.15, 0.2) is 30.6 Å². The first-order chi connectivity index (χ1) is 12.2. The molecular weight excluding hydrogens is 332 g/mol. The lowest BCUT2D eigenvalue weighted by Crippen LogP contribution is -2.33. The number of hydrogen-bond donors (Lipinski definition) is 0. The van der Waals surface area contributed by atoms with E-state index >= 15 is 0 Å². The fraction of sp³-hybridized carbons (Fsp3) is 0.600. The van der Waals surface area contributed by atoms with Crippen molar-refractivity contribution in [1.82, 2.24) is 19.7 Å². The summed E-state index contributed by atoms with van der Waals surface area (Å²) < 4.78 is 2.24. The third-order valence-corrected chi connectivity index (χ3v) is 6.44. The first-order valence-corrected chi connectivity index (χ1v) is 9.92.